The SMILES string of the molecule is O=C(NC1CC1)[C@@H]1CCCN1S(=O)(=O)N1CCCCC1. The summed E-state index contributed by atoms with van der Waals surface area (Å²) in [5.41, 5.74) is 0. The summed E-state index contributed by atoms with van der Waals surface area (Å²) in [6.07, 6.45) is 6.41. The van der Waals surface area contributed by atoms with E-state index in [-0.39, 0.29) is 11.9 Å². The van der Waals surface area contributed by atoms with Gasteiger partial charge in [-0.25, -0.2) is 0 Å². The molecule has 6 nitrogen and oxygen atoms in total. The van der Waals surface area contributed by atoms with E-state index in [1.165, 1.54) is 4.31 Å². The molecule has 0 aromatic heterocycles. The van der Waals surface area contributed by atoms with E-state index in [2.05, 4.69) is 5.32 Å². The second-order valence-electron chi connectivity index (χ2n) is 6.02. The zero-order valence-corrected chi connectivity index (χ0v) is 12.6. The van der Waals surface area contributed by atoms with Crippen LogP contribution in [0.15, 0.2) is 0 Å². The van der Waals surface area contributed by atoms with Crippen LogP contribution in [0.25, 0.3) is 0 Å². The largest absolute Gasteiger partial charge is 0.352 e. The van der Waals surface area contributed by atoms with Crippen molar-refractivity contribution < 1.29 is 13.2 Å². The molecule has 3 aliphatic rings. The number of carbonyl (C=O) groups is 1. The molecular formula is C13H23N3O3S. The summed E-state index contributed by atoms with van der Waals surface area (Å²) in [5, 5.41) is 2.94. The van der Waals surface area contributed by atoms with Gasteiger partial charge in [0.1, 0.15) is 6.04 Å². The van der Waals surface area contributed by atoms with E-state index in [4.69, 9.17) is 0 Å². The predicted octanol–water partition coefficient (Wildman–Crippen LogP) is 0.460. The lowest BCUT2D eigenvalue weighted by atomic mass is 10.2. The maximum Gasteiger partial charge on any atom is 0.282 e. The maximum absolute atomic E-state index is 12.7. The van der Waals surface area contributed by atoms with Crippen molar-refractivity contribution in [2.24, 2.45) is 0 Å². The second-order valence-corrected chi connectivity index (χ2v) is 7.90. The monoisotopic (exact) mass is 301 g/mol. The Hall–Kier alpha value is -0.660. The lowest BCUT2D eigenvalue weighted by Gasteiger charge is -2.32. The van der Waals surface area contributed by atoms with Crippen molar-refractivity contribution in [3.63, 3.8) is 0 Å². The third-order valence-corrected chi connectivity index (χ3v) is 6.42. The summed E-state index contributed by atoms with van der Waals surface area (Å²) in [6.45, 7) is 1.66. The van der Waals surface area contributed by atoms with Crippen molar-refractivity contribution in [2.45, 2.75) is 57.0 Å². The van der Waals surface area contributed by atoms with Gasteiger partial charge in [0.15, 0.2) is 0 Å². The van der Waals surface area contributed by atoms with Gasteiger partial charge in [-0.15, -0.1) is 0 Å². The number of hydrogen-bond donors (Lipinski definition) is 1. The highest BCUT2D eigenvalue weighted by molar-refractivity contribution is 7.86. The van der Waals surface area contributed by atoms with E-state index in [1.54, 1.807) is 4.31 Å². The van der Waals surface area contributed by atoms with E-state index < -0.39 is 16.3 Å². The Kier molecular flexibility index (Phi) is 4.01. The first kappa shape index (κ1) is 14.3. The normalized spacial score (nSPS) is 29.5. The van der Waals surface area contributed by atoms with E-state index >= 15 is 0 Å². The molecule has 0 radical (unpaired) electrons. The highest BCUT2D eigenvalue weighted by atomic mass is 32.2. The van der Waals surface area contributed by atoms with E-state index in [0.717, 1.165) is 38.5 Å². The molecule has 0 aromatic carbocycles. The van der Waals surface area contributed by atoms with Crippen LogP contribution in [0.4, 0.5) is 0 Å². The summed E-state index contributed by atoms with van der Waals surface area (Å²) < 4.78 is 28.3. The molecule has 0 spiro atoms. The van der Waals surface area contributed by atoms with Crippen LogP contribution in [-0.4, -0.2) is 54.7 Å². The molecule has 0 bridgehead atoms. The first-order valence-electron chi connectivity index (χ1n) is 7.66. The average Bonchev–Trinajstić information content (AvgIpc) is 3.11. The van der Waals surface area contributed by atoms with Crippen molar-refractivity contribution in [2.75, 3.05) is 19.6 Å². The van der Waals surface area contributed by atoms with Crippen LogP contribution in [0.2, 0.25) is 0 Å². The Morgan fingerprint density at radius 2 is 1.65 bits per heavy atom. The van der Waals surface area contributed by atoms with Crippen LogP contribution >= 0.6 is 0 Å². The molecule has 1 aliphatic carbocycles. The number of piperidine rings is 1. The molecule has 2 saturated heterocycles. The fourth-order valence-electron chi connectivity index (χ4n) is 3.05. The number of amides is 1. The predicted molar refractivity (Wildman–Crippen MR) is 75.2 cm³/mol. The van der Waals surface area contributed by atoms with Gasteiger partial charge in [0, 0.05) is 25.7 Å². The lowest BCUT2D eigenvalue weighted by molar-refractivity contribution is -0.124. The van der Waals surface area contributed by atoms with Gasteiger partial charge in [-0.1, -0.05) is 6.42 Å². The molecular weight excluding hydrogens is 278 g/mol. The van der Waals surface area contributed by atoms with Gasteiger partial charge in [-0.05, 0) is 38.5 Å². The number of rotatable bonds is 4. The highest BCUT2D eigenvalue weighted by Crippen LogP contribution is 2.27. The zero-order valence-electron chi connectivity index (χ0n) is 11.8. The van der Waals surface area contributed by atoms with E-state index in [9.17, 15) is 13.2 Å². The van der Waals surface area contributed by atoms with Gasteiger partial charge in [0.25, 0.3) is 10.2 Å². The first-order valence-corrected chi connectivity index (χ1v) is 9.06. The molecule has 114 valence electrons. The summed E-state index contributed by atoms with van der Waals surface area (Å²) in [7, 11) is -3.47. The molecule has 3 fully saturated rings. The quantitative estimate of drug-likeness (QED) is 0.820. The van der Waals surface area contributed by atoms with Gasteiger partial charge in [0.2, 0.25) is 5.91 Å². The molecule has 2 aliphatic heterocycles. The van der Waals surface area contributed by atoms with Crippen molar-refractivity contribution in [1.82, 2.24) is 13.9 Å². The van der Waals surface area contributed by atoms with Gasteiger partial charge in [0.05, 0.1) is 0 Å². The molecule has 1 atom stereocenters. The number of nitrogens with zero attached hydrogens (tertiary/aromatic N) is 2. The minimum Gasteiger partial charge on any atom is -0.352 e. The second kappa shape index (κ2) is 5.61. The van der Waals surface area contributed by atoms with Gasteiger partial charge >= 0.3 is 0 Å². The Labute approximate surface area is 120 Å². The summed E-state index contributed by atoms with van der Waals surface area (Å²) in [4.78, 5) is 12.2. The van der Waals surface area contributed by atoms with Gasteiger partial charge < -0.3 is 5.32 Å². The van der Waals surface area contributed by atoms with Gasteiger partial charge in [-0.2, -0.15) is 17.0 Å². The molecule has 3 rings (SSSR count). The third-order valence-electron chi connectivity index (χ3n) is 4.37. The summed E-state index contributed by atoms with van der Waals surface area (Å²) >= 11 is 0. The number of hydrogen-bond acceptors (Lipinski definition) is 3. The van der Waals surface area contributed by atoms with E-state index in [0.29, 0.717) is 26.1 Å². The molecule has 0 unspecified atom stereocenters. The minimum absolute atomic E-state index is 0.106. The van der Waals surface area contributed by atoms with Crippen molar-refractivity contribution in [1.29, 1.82) is 0 Å². The molecule has 2 heterocycles. The Morgan fingerprint density at radius 3 is 2.30 bits per heavy atom. The molecule has 1 amide bonds. The highest BCUT2D eigenvalue weighted by Gasteiger charge is 2.42. The van der Waals surface area contributed by atoms with Crippen LogP contribution < -0.4 is 5.32 Å². The fraction of sp³-hybridized carbons (Fsp3) is 0.923. The average molecular weight is 301 g/mol. The smallest absolute Gasteiger partial charge is 0.282 e. The Balaban J connectivity index is 1.71. The van der Waals surface area contributed by atoms with Crippen molar-refractivity contribution in [3.05, 3.63) is 0 Å². The molecule has 20 heavy (non-hydrogen) atoms. The Bertz CT molecular complexity index is 469. The third kappa shape index (κ3) is 2.84. The van der Waals surface area contributed by atoms with Crippen LogP contribution in [0, 0.1) is 0 Å². The summed E-state index contributed by atoms with van der Waals surface area (Å²) in [5.74, 6) is -0.106. The molecule has 1 N–H and O–H groups in total. The zero-order chi connectivity index (χ0) is 14.2. The van der Waals surface area contributed by atoms with Crippen molar-refractivity contribution >= 4 is 16.1 Å². The number of carbonyl (C=O) groups excluding carboxylic acids is 1. The van der Waals surface area contributed by atoms with Crippen LogP contribution in [0.5, 0.6) is 0 Å². The van der Waals surface area contributed by atoms with Crippen LogP contribution in [0.1, 0.15) is 44.9 Å². The molecule has 1 saturated carbocycles. The van der Waals surface area contributed by atoms with Crippen LogP contribution in [0.3, 0.4) is 0 Å². The fourth-order valence-corrected chi connectivity index (χ4v) is 4.95. The Morgan fingerprint density at radius 1 is 0.950 bits per heavy atom. The molecule has 7 heteroatoms. The van der Waals surface area contributed by atoms with Crippen molar-refractivity contribution in [3.8, 4) is 0 Å². The first-order chi connectivity index (χ1) is 9.59. The molecule has 0 aromatic rings. The lowest BCUT2D eigenvalue weighted by Crippen LogP contribution is -2.52. The van der Waals surface area contributed by atoms with Crippen LogP contribution in [-0.2, 0) is 15.0 Å². The number of nitrogens with one attached hydrogen (secondary N) is 1. The van der Waals surface area contributed by atoms with Gasteiger partial charge in [-0.3, -0.25) is 4.79 Å². The van der Waals surface area contributed by atoms with E-state index in [1.807, 2.05) is 0 Å². The maximum atomic E-state index is 12.7. The minimum atomic E-state index is -3.47. The summed E-state index contributed by atoms with van der Waals surface area (Å²) in [6, 6.07) is -0.217. The topological polar surface area (TPSA) is 69.7 Å². The standard InChI is InChI=1S/C13H23N3O3S/c17-13(14-11-6-7-11)12-5-4-10-16(12)20(18,19)15-8-2-1-3-9-15/h11-12H,1-10H2,(H,14,17)/t12-/m0/s1.